The van der Waals surface area contributed by atoms with Crippen LogP contribution in [0.15, 0.2) is 0 Å². The van der Waals surface area contributed by atoms with Gasteiger partial charge in [-0.25, -0.2) is 0 Å². The summed E-state index contributed by atoms with van der Waals surface area (Å²) in [6.45, 7) is -1.10. The van der Waals surface area contributed by atoms with E-state index < -0.39 is 74.6 Å². The van der Waals surface area contributed by atoms with Crippen LogP contribution in [0.1, 0.15) is 0 Å². The zero-order chi connectivity index (χ0) is 17.3. The Kier molecular flexibility index (Phi) is 6.27. The molecule has 2 fully saturated rings. The van der Waals surface area contributed by atoms with Crippen molar-refractivity contribution >= 4 is 0 Å². The number of aliphatic hydroxyl groups is 8. The molecule has 2 saturated heterocycles. The van der Waals surface area contributed by atoms with Crippen molar-refractivity contribution in [3.63, 3.8) is 0 Å². The summed E-state index contributed by atoms with van der Waals surface area (Å²) in [5, 5.41) is 76.1. The minimum absolute atomic E-state index is 0.468. The van der Waals surface area contributed by atoms with Crippen LogP contribution in [-0.2, 0) is 14.2 Å². The van der Waals surface area contributed by atoms with Crippen LogP contribution in [-0.4, -0.2) is 115 Å². The SMILES string of the molecule is OCC1O[C@@H](OCC2O[C@@H](O)C(O)C(O)[C@@H]2O)C(O)C(O)[C@H]1O. The maximum atomic E-state index is 9.78. The van der Waals surface area contributed by atoms with Crippen molar-refractivity contribution in [1.82, 2.24) is 0 Å². The van der Waals surface area contributed by atoms with E-state index in [1.807, 2.05) is 0 Å². The van der Waals surface area contributed by atoms with E-state index in [0.29, 0.717) is 0 Å². The van der Waals surface area contributed by atoms with Crippen LogP contribution < -0.4 is 0 Å². The van der Waals surface area contributed by atoms with Gasteiger partial charge in [-0.1, -0.05) is 0 Å². The van der Waals surface area contributed by atoms with Crippen LogP contribution in [0, 0.1) is 0 Å². The van der Waals surface area contributed by atoms with Gasteiger partial charge in [0.15, 0.2) is 12.6 Å². The van der Waals surface area contributed by atoms with Gasteiger partial charge in [-0.3, -0.25) is 0 Å². The molecule has 0 spiro atoms. The van der Waals surface area contributed by atoms with Gasteiger partial charge in [-0.15, -0.1) is 0 Å². The third-order valence-electron chi connectivity index (χ3n) is 3.96. The standard InChI is InChI=1S/C12H22O11/c13-1-3-5(14)8(17)10(19)12(23-3)21-2-4-6(15)7(16)9(18)11(20)22-4/h3-20H,1-2H2/t3?,4?,5-,6+,7?,8?,9?,10?,11+,12+/m0/s1. The summed E-state index contributed by atoms with van der Waals surface area (Å²) in [6.07, 6.45) is -15.3. The van der Waals surface area contributed by atoms with E-state index in [4.69, 9.17) is 19.3 Å². The number of rotatable bonds is 4. The van der Waals surface area contributed by atoms with Crippen LogP contribution in [0.5, 0.6) is 0 Å². The lowest BCUT2D eigenvalue weighted by molar-refractivity contribution is -0.325. The average Bonchev–Trinajstić information content (AvgIpc) is 2.54. The van der Waals surface area contributed by atoms with E-state index in [9.17, 15) is 35.7 Å². The fourth-order valence-electron chi connectivity index (χ4n) is 2.46. The Labute approximate surface area is 130 Å². The van der Waals surface area contributed by atoms with Gasteiger partial charge in [0, 0.05) is 0 Å². The Morgan fingerprint density at radius 2 is 1.22 bits per heavy atom. The first kappa shape index (κ1) is 18.9. The second kappa shape index (κ2) is 7.63. The Hall–Kier alpha value is -0.440. The zero-order valence-electron chi connectivity index (χ0n) is 12.0. The second-order valence-electron chi connectivity index (χ2n) is 5.57. The molecule has 0 amide bonds. The van der Waals surface area contributed by atoms with Crippen LogP contribution in [0.3, 0.4) is 0 Å². The minimum atomic E-state index is -1.74. The molecule has 10 atom stereocenters. The second-order valence-corrected chi connectivity index (χ2v) is 5.57. The molecule has 2 heterocycles. The summed E-state index contributed by atoms with van der Waals surface area (Å²) < 4.78 is 15.1. The van der Waals surface area contributed by atoms with E-state index >= 15 is 0 Å². The highest BCUT2D eigenvalue weighted by Gasteiger charge is 2.46. The van der Waals surface area contributed by atoms with Crippen molar-refractivity contribution in [1.29, 1.82) is 0 Å². The molecule has 0 aromatic rings. The third kappa shape index (κ3) is 3.81. The summed E-state index contributed by atoms with van der Waals surface area (Å²) in [4.78, 5) is 0. The maximum absolute atomic E-state index is 9.78. The molecule has 136 valence electrons. The predicted octanol–water partition coefficient (Wildman–Crippen LogP) is -5.40. The number of aliphatic hydroxyl groups excluding tert-OH is 8. The lowest BCUT2D eigenvalue weighted by atomic mass is 9.98. The highest BCUT2D eigenvalue weighted by molar-refractivity contribution is 4.91. The Bertz CT molecular complexity index is 380. The number of hydrogen-bond donors (Lipinski definition) is 8. The van der Waals surface area contributed by atoms with E-state index in [1.165, 1.54) is 0 Å². The molecule has 11 heteroatoms. The van der Waals surface area contributed by atoms with Crippen molar-refractivity contribution in [2.45, 2.75) is 61.4 Å². The summed E-state index contributed by atoms with van der Waals surface area (Å²) in [5.41, 5.74) is 0. The largest absolute Gasteiger partial charge is 0.394 e. The Morgan fingerprint density at radius 1 is 0.652 bits per heavy atom. The molecule has 0 bridgehead atoms. The quantitative estimate of drug-likeness (QED) is 0.243. The molecule has 8 N–H and O–H groups in total. The lowest BCUT2D eigenvalue weighted by Crippen LogP contribution is -2.61. The monoisotopic (exact) mass is 342 g/mol. The predicted molar refractivity (Wildman–Crippen MR) is 68.6 cm³/mol. The van der Waals surface area contributed by atoms with Crippen molar-refractivity contribution in [3.8, 4) is 0 Å². The first-order valence-electron chi connectivity index (χ1n) is 7.07. The fraction of sp³-hybridized carbons (Fsp3) is 1.00. The van der Waals surface area contributed by atoms with Crippen LogP contribution >= 0.6 is 0 Å². The highest BCUT2D eigenvalue weighted by Crippen LogP contribution is 2.24. The van der Waals surface area contributed by atoms with Gasteiger partial charge < -0.3 is 55.1 Å². The van der Waals surface area contributed by atoms with E-state index in [2.05, 4.69) is 0 Å². The van der Waals surface area contributed by atoms with E-state index in [1.54, 1.807) is 0 Å². The molecule has 2 rings (SSSR count). The van der Waals surface area contributed by atoms with E-state index in [-0.39, 0.29) is 0 Å². The lowest BCUT2D eigenvalue weighted by Gasteiger charge is -2.41. The molecule has 23 heavy (non-hydrogen) atoms. The smallest absolute Gasteiger partial charge is 0.186 e. The van der Waals surface area contributed by atoms with Gasteiger partial charge in [-0.2, -0.15) is 0 Å². The first-order valence-corrected chi connectivity index (χ1v) is 7.07. The summed E-state index contributed by atoms with van der Waals surface area (Å²) in [6, 6.07) is 0. The molecule has 6 unspecified atom stereocenters. The molecule has 0 aliphatic carbocycles. The van der Waals surface area contributed by atoms with Gasteiger partial charge in [0.2, 0.25) is 0 Å². The fourth-order valence-corrected chi connectivity index (χ4v) is 2.46. The summed E-state index contributed by atoms with van der Waals surface area (Å²) in [7, 11) is 0. The van der Waals surface area contributed by atoms with Crippen molar-refractivity contribution in [2.75, 3.05) is 13.2 Å². The van der Waals surface area contributed by atoms with Crippen LogP contribution in [0.2, 0.25) is 0 Å². The maximum Gasteiger partial charge on any atom is 0.186 e. The molecule has 0 radical (unpaired) electrons. The molecule has 2 aliphatic rings. The average molecular weight is 342 g/mol. The molecular formula is C12H22O11. The van der Waals surface area contributed by atoms with Gasteiger partial charge in [0.1, 0.15) is 48.8 Å². The van der Waals surface area contributed by atoms with Crippen LogP contribution in [0.25, 0.3) is 0 Å². The van der Waals surface area contributed by atoms with Crippen LogP contribution in [0.4, 0.5) is 0 Å². The van der Waals surface area contributed by atoms with Gasteiger partial charge in [-0.05, 0) is 0 Å². The highest BCUT2D eigenvalue weighted by atomic mass is 16.7. The molecule has 0 aromatic carbocycles. The van der Waals surface area contributed by atoms with Gasteiger partial charge in [0.05, 0.1) is 13.2 Å². The van der Waals surface area contributed by atoms with Gasteiger partial charge in [0.25, 0.3) is 0 Å². The Morgan fingerprint density at radius 3 is 1.83 bits per heavy atom. The molecule has 0 aromatic heterocycles. The number of hydrogen-bond acceptors (Lipinski definition) is 11. The van der Waals surface area contributed by atoms with Gasteiger partial charge >= 0.3 is 0 Å². The normalized spacial score (nSPS) is 51.7. The molecule has 11 nitrogen and oxygen atoms in total. The molecule has 0 saturated carbocycles. The molecular weight excluding hydrogens is 320 g/mol. The minimum Gasteiger partial charge on any atom is -0.394 e. The van der Waals surface area contributed by atoms with Crippen molar-refractivity contribution in [2.24, 2.45) is 0 Å². The third-order valence-corrected chi connectivity index (χ3v) is 3.96. The summed E-state index contributed by atoms with van der Waals surface area (Å²) >= 11 is 0. The first-order chi connectivity index (χ1) is 10.8. The number of ether oxygens (including phenoxy) is 3. The Balaban J connectivity index is 1.94. The van der Waals surface area contributed by atoms with Crippen molar-refractivity contribution in [3.05, 3.63) is 0 Å². The van der Waals surface area contributed by atoms with E-state index in [0.717, 1.165) is 0 Å². The summed E-state index contributed by atoms with van der Waals surface area (Å²) in [5.74, 6) is 0. The molecule has 2 aliphatic heterocycles. The topological polar surface area (TPSA) is 190 Å². The zero-order valence-corrected chi connectivity index (χ0v) is 12.0. The van der Waals surface area contributed by atoms with Crippen molar-refractivity contribution < 1.29 is 55.1 Å².